The Kier molecular flexibility index (Phi) is 7.23. The number of hydrogen-bond acceptors (Lipinski definition) is 5. The van der Waals surface area contributed by atoms with Crippen LogP contribution in [0.5, 0.6) is 11.5 Å². The Labute approximate surface area is 175 Å². The number of nitrogens with one attached hydrogen (secondary N) is 1. The predicted molar refractivity (Wildman–Crippen MR) is 118 cm³/mol. The monoisotopic (exact) mass is 403 g/mol. The molecule has 6 nitrogen and oxygen atoms in total. The van der Waals surface area contributed by atoms with Crippen molar-refractivity contribution in [3.8, 4) is 17.6 Å². The van der Waals surface area contributed by atoms with E-state index >= 15 is 0 Å². The van der Waals surface area contributed by atoms with E-state index in [-0.39, 0.29) is 17.0 Å². The molecule has 0 aliphatic carbocycles. The van der Waals surface area contributed by atoms with Gasteiger partial charge in [-0.1, -0.05) is 44.4 Å². The van der Waals surface area contributed by atoms with E-state index in [9.17, 15) is 10.1 Å². The molecule has 3 aromatic rings. The molecule has 1 heterocycles. The Bertz CT molecular complexity index is 1140. The Morgan fingerprint density at radius 1 is 1.17 bits per heavy atom. The lowest BCUT2D eigenvalue weighted by atomic mass is 10.1. The average molecular weight is 403 g/mol. The minimum atomic E-state index is -0.277. The zero-order chi connectivity index (χ0) is 21.3. The van der Waals surface area contributed by atoms with Crippen molar-refractivity contribution in [3.63, 3.8) is 0 Å². The third kappa shape index (κ3) is 5.06. The van der Waals surface area contributed by atoms with Gasteiger partial charge in [0, 0.05) is 0 Å². The minimum Gasteiger partial charge on any atom is -0.493 e. The Hall–Kier alpha value is -3.59. The van der Waals surface area contributed by atoms with E-state index in [1.807, 2.05) is 12.1 Å². The van der Waals surface area contributed by atoms with Gasteiger partial charge in [-0.15, -0.1) is 0 Å². The third-order valence-corrected chi connectivity index (χ3v) is 4.74. The van der Waals surface area contributed by atoms with Crippen molar-refractivity contribution >= 4 is 22.6 Å². The summed E-state index contributed by atoms with van der Waals surface area (Å²) in [5, 5.41) is 10.1. The number of hydrogen-bond donors (Lipinski definition) is 1. The van der Waals surface area contributed by atoms with Crippen LogP contribution in [0.1, 0.15) is 44.0 Å². The Morgan fingerprint density at radius 2 is 2.00 bits per heavy atom. The van der Waals surface area contributed by atoms with Crippen molar-refractivity contribution in [2.75, 3.05) is 13.7 Å². The molecule has 0 atom stereocenters. The van der Waals surface area contributed by atoms with Gasteiger partial charge in [-0.25, -0.2) is 4.98 Å². The molecule has 154 valence electrons. The molecule has 3 rings (SSSR count). The van der Waals surface area contributed by atoms with Gasteiger partial charge in [-0.2, -0.15) is 5.26 Å². The van der Waals surface area contributed by atoms with Crippen molar-refractivity contribution in [2.45, 2.75) is 32.6 Å². The summed E-state index contributed by atoms with van der Waals surface area (Å²) in [6, 6.07) is 14.6. The topological polar surface area (TPSA) is 88.0 Å². The lowest BCUT2D eigenvalue weighted by molar-refractivity contribution is 0.285. The maximum atomic E-state index is 12.3. The highest BCUT2D eigenvalue weighted by molar-refractivity contribution is 5.89. The van der Waals surface area contributed by atoms with Crippen LogP contribution in [0.15, 0.2) is 47.3 Å². The number of nitriles is 1. The molecule has 0 saturated heterocycles. The number of nitrogens with zero attached hydrogens (tertiary/aromatic N) is 2. The summed E-state index contributed by atoms with van der Waals surface area (Å²) in [5.74, 6) is 1.50. The zero-order valence-corrected chi connectivity index (χ0v) is 17.3. The first-order valence-electron chi connectivity index (χ1n) is 10.1. The summed E-state index contributed by atoms with van der Waals surface area (Å²) in [4.78, 5) is 19.4. The number of ether oxygens (including phenoxy) is 2. The van der Waals surface area contributed by atoms with Crippen LogP contribution in [0, 0.1) is 11.3 Å². The molecule has 0 spiro atoms. The number of allylic oxidation sites excluding steroid dienone is 1. The van der Waals surface area contributed by atoms with E-state index in [0.717, 1.165) is 18.4 Å². The fraction of sp³-hybridized carbons (Fsp3) is 0.292. The quantitative estimate of drug-likeness (QED) is 0.403. The Balaban J connectivity index is 1.85. The minimum absolute atomic E-state index is 0.233. The number of rotatable bonds is 9. The van der Waals surface area contributed by atoms with Gasteiger partial charge in [0.15, 0.2) is 17.3 Å². The van der Waals surface area contributed by atoms with Crippen molar-refractivity contribution in [1.82, 2.24) is 9.97 Å². The summed E-state index contributed by atoms with van der Waals surface area (Å²) in [6.45, 7) is 2.81. The zero-order valence-electron chi connectivity index (χ0n) is 17.3. The molecule has 0 aliphatic heterocycles. The second-order valence-corrected chi connectivity index (χ2v) is 6.92. The van der Waals surface area contributed by atoms with Crippen LogP contribution in [-0.4, -0.2) is 23.7 Å². The lowest BCUT2D eigenvalue weighted by Gasteiger charge is -2.11. The molecular formula is C24H25N3O3. The highest BCUT2D eigenvalue weighted by Gasteiger charge is 2.10. The van der Waals surface area contributed by atoms with E-state index in [1.54, 1.807) is 43.5 Å². The van der Waals surface area contributed by atoms with Crippen LogP contribution in [0.25, 0.3) is 22.6 Å². The van der Waals surface area contributed by atoms with Gasteiger partial charge >= 0.3 is 0 Å². The maximum Gasteiger partial charge on any atom is 0.259 e. The van der Waals surface area contributed by atoms with E-state index < -0.39 is 0 Å². The largest absolute Gasteiger partial charge is 0.493 e. The van der Waals surface area contributed by atoms with Gasteiger partial charge in [0.25, 0.3) is 5.56 Å². The highest BCUT2D eigenvalue weighted by Crippen LogP contribution is 2.30. The summed E-state index contributed by atoms with van der Waals surface area (Å²) < 4.78 is 11.3. The molecule has 6 heteroatoms. The molecule has 1 N–H and O–H groups in total. The van der Waals surface area contributed by atoms with E-state index in [2.05, 4.69) is 23.0 Å². The summed E-state index contributed by atoms with van der Waals surface area (Å²) in [7, 11) is 1.58. The van der Waals surface area contributed by atoms with Crippen LogP contribution in [0.4, 0.5) is 0 Å². The number of methoxy groups -OCH3 is 1. The van der Waals surface area contributed by atoms with Crippen LogP contribution in [0.2, 0.25) is 0 Å². The average Bonchev–Trinajstić information content (AvgIpc) is 2.77. The molecule has 0 aliphatic rings. The first-order valence-corrected chi connectivity index (χ1v) is 10.1. The van der Waals surface area contributed by atoms with Gasteiger partial charge in [-0.05, 0) is 42.3 Å². The first-order chi connectivity index (χ1) is 14.7. The first kappa shape index (κ1) is 21.1. The van der Waals surface area contributed by atoms with Crippen LogP contribution >= 0.6 is 0 Å². The fourth-order valence-electron chi connectivity index (χ4n) is 3.14. The molecule has 0 fully saturated rings. The van der Waals surface area contributed by atoms with Gasteiger partial charge in [0.2, 0.25) is 0 Å². The van der Waals surface area contributed by atoms with Crippen LogP contribution in [-0.2, 0) is 0 Å². The summed E-state index contributed by atoms with van der Waals surface area (Å²) in [5.41, 5.74) is 1.27. The normalized spacial score (nSPS) is 11.3. The number of benzene rings is 2. The van der Waals surface area contributed by atoms with Crippen LogP contribution in [0.3, 0.4) is 0 Å². The molecular weight excluding hydrogens is 378 g/mol. The van der Waals surface area contributed by atoms with E-state index in [1.165, 1.54) is 12.8 Å². The van der Waals surface area contributed by atoms with Crippen molar-refractivity contribution in [3.05, 3.63) is 64.2 Å². The molecule has 0 bridgehead atoms. The van der Waals surface area contributed by atoms with Crippen molar-refractivity contribution in [2.24, 2.45) is 0 Å². The molecule has 2 aromatic carbocycles. The number of fused-ring (bicyclic) bond motifs is 1. The molecule has 0 radical (unpaired) electrons. The maximum absolute atomic E-state index is 12.3. The molecule has 1 aromatic heterocycles. The standard InChI is InChI=1S/C24H25N3O3/c1-3-4-5-8-13-30-21-12-11-17(15-22(21)29-2)14-18(16-25)23-26-20-10-7-6-9-19(20)24(28)27-23/h6-7,9-12,14-15H,3-5,8,13H2,1-2H3,(H,26,27,28). The number of aromatic nitrogens is 2. The highest BCUT2D eigenvalue weighted by atomic mass is 16.5. The number of unbranched alkanes of at least 4 members (excludes halogenated alkanes) is 3. The van der Waals surface area contributed by atoms with Crippen LogP contribution < -0.4 is 15.0 Å². The Morgan fingerprint density at radius 3 is 2.77 bits per heavy atom. The fourth-order valence-corrected chi connectivity index (χ4v) is 3.14. The lowest BCUT2D eigenvalue weighted by Crippen LogP contribution is -2.11. The van der Waals surface area contributed by atoms with Gasteiger partial charge in [0.1, 0.15) is 6.07 Å². The smallest absolute Gasteiger partial charge is 0.259 e. The van der Waals surface area contributed by atoms with Gasteiger partial charge in [0.05, 0.1) is 30.2 Å². The number of aromatic amines is 1. The predicted octanol–water partition coefficient (Wildman–Crippen LogP) is 4.95. The number of para-hydroxylation sites is 1. The number of H-pyrrole nitrogens is 1. The molecule has 0 saturated carbocycles. The van der Waals surface area contributed by atoms with Gasteiger partial charge in [-0.3, -0.25) is 4.79 Å². The molecule has 30 heavy (non-hydrogen) atoms. The second-order valence-electron chi connectivity index (χ2n) is 6.92. The third-order valence-electron chi connectivity index (χ3n) is 4.74. The molecule has 0 unspecified atom stereocenters. The molecule has 0 amide bonds. The van der Waals surface area contributed by atoms with Crippen molar-refractivity contribution < 1.29 is 9.47 Å². The second kappa shape index (κ2) is 10.3. The summed E-state index contributed by atoms with van der Waals surface area (Å²) >= 11 is 0. The van der Waals surface area contributed by atoms with Crippen molar-refractivity contribution in [1.29, 1.82) is 5.26 Å². The van der Waals surface area contributed by atoms with E-state index in [4.69, 9.17) is 9.47 Å². The van der Waals surface area contributed by atoms with E-state index in [0.29, 0.717) is 29.0 Å². The summed E-state index contributed by atoms with van der Waals surface area (Å²) in [6.07, 6.45) is 6.19. The van der Waals surface area contributed by atoms with Gasteiger partial charge < -0.3 is 14.5 Å². The SMILES string of the molecule is CCCCCCOc1ccc(C=C(C#N)c2nc3ccccc3c(=O)[nH]2)cc1OC.